The molecule has 0 saturated heterocycles. The third kappa shape index (κ3) is 3.60. The van der Waals surface area contributed by atoms with Crippen molar-refractivity contribution in [3.63, 3.8) is 0 Å². The molecule has 4 rings (SSSR count). The highest BCUT2D eigenvalue weighted by Gasteiger charge is 2.15. The zero-order chi connectivity index (χ0) is 19.0. The van der Waals surface area contributed by atoms with Crippen LogP contribution in [-0.2, 0) is 0 Å². The minimum atomic E-state index is -0.304. The molecule has 4 aromatic rings. The lowest BCUT2D eigenvalue weighted by atomic mass is 10.0. The number of nitrogen functional groups attached to an aromatic ring is 1. The van der Waals surface area contributed by atoms with Gasteiger partial charge in [-0.2, -0.15) is 0 Å². The van der Waals surface area contributed by atoms with Crippen LogP contribution >= 0.6 is 24.0 Å². The summed E-state index contributed by atoms with van der Waals surface area (Å²) in [6.07, 6.45) is 4.50. The van der Waals surface area contributed by atoms with Gasteiger partial charge in [-0.15, -0.1) is 24.0 Å². The summed E-state index contributed by atoms with van der Waals surface area (Å²) in [7, 11) is 0. The van der Waals surface area contributed by atoms with Gasteiger partial charge >= 0.3 is 0 Å². The molecule has 3 heterocycles. The van der Waals surface area contributed by atoms with E-state index in [0.717, 1.165) is 0 Å². The molecule has 0 aliphatic carbocycles. The number of nitrogens with one attached hydrogen (secondary N) is 3. The second kappa shape index (κ2) is 7.80. The van der Waals surface area contributed by atoms with E-state index in [2.05, 4.69) is 20.3 Å². The minimum Gasteiger partial charge on any atom is -0.472 e. The van der Waals surface area contributed by atoms with E-state index in [1.165, 1.54) is 18.9 Å². The molecule has 9 heteroatoms. The molecule has 0 atom stereocenters. The lowest BCUT2D eigenvalue weighted by Crippen LogP contribution is -2.15. The first kappa shape index (κ1) is 19.5. The second-order valence-electron chi connectivity index (χ2n) is 6.04. The standard InChI is InChI=1S/C19H16N6O2.HI.3H2/c1-10-13(7-16-18(24-10)23-9-22-16)19(26)25-12-2-3-15(20)14(6-12)17(21)11-4-5-27-8-11;;;;/h2-9,21H,20H2,1H3,(H,25,26)(H,22,23,24);4*1H. The monoisotopic (exact) mass is 494 g/mol. The Morgan fingerprint density at radius 2 is 2.11 bits per heavy atom. The summed E-state index contributed by atoms with van der Waals surface area (Å²) in [5, 5.41) is 11.1. The maximum atomic E-state index is 12.7. The lowest BCUT2D eigenvalue weighted by molar-refractivity contribution is 0.102. The van der Waals surface area contributed by atoms with Crippen LogP contribution in [0, 0.1) is 12.3 Å². The van der Waals surface area contributed by atoms with Gasteiger partial charge in [-0.05, 0) is 37.3 Å². The first-order valence-electron chi connectivity index (χ1n) is 8.16. The summed E-state index contributed by atoms with van der Waals surface area (Å²) >= 11 is 0. The van der Waals surface area contributed by atoms with Crippen molar-refractivity contribution >= 4 is 58.1 Å². The number of nitrogens with zero attached hydrogens (tertiary/aromatic N) is 2. The zero-order valence-electron chi connectivity index (χ0n) is 14.8. The highest BCUT2D eigenvalue weighted by molar-refractivity contribution is 14.0. The Kier molecular flexibility index (Phi) is 5.45. The van der Waals surface area contributed by atoms with Gasteiger partial charge in [-0.3, -0.25) is 10.2 Å². The summed E-state index contributed by atoms with van der Waals surface area (Å²) in [6.45, 7) is 1.76. The van der Waals surface area contributed by atoms with Crippen LogP contribution in [0.4, 0.5) is 11.4 Å². The summed E-state index contributed by atoms with van der Waals surface area (Å²) in [4.78, 5) is 24.1. The number of aromatic amines is 1. The normalized spacial score (nSPS) is 10.5. The zero-order valence-corrected chi connectivity index (χ0v) is 17.1. The molecular formula is C19H23IN6O2. The molecule has 5 N–H and O–H groups in total. The number of aromatic nitrogens is 3. The van der Waals surface area contributed by atoms with Crippen LogP contribution in [0.5, 0.6) is 0 Å². The first-order chi connectivity index (χ1) is 13.0. The maximum absolute atomic E-state index is 12.7. The van der Waals surface area contributed by atoms with Gasteiger partial charge in [0.1, 0.15) is 0 Å². The highest BCUT2D eigenvalue weighted by atomic mass is 127. The first-order valence-corrected chi connectivity index (χ1v) is 8.16. The average molecular weight is 494 g/mol. The van der Waals surface area contributed by atoms with E-state index in [9.17, 15) is 4.79 Å². The summed E-state index contributed by atoms with van der Waals surface area (Å²) in [6, 6.07) is 8.41. The van der Waals surface area contributed by atoms with Gasteiger partial charge < -0.3 is 20.5 Å². The highest BCUT2D eigenvalue weighted by Crippen LogP contribution is 2.22. The molecule has 3 aromatic heterocycles. The number of furan rings is 1. The smallest absolute Gasteiger partial charge is 0.257 e. The molecule has 0 fully saturated rings. The van der Waals surface area contributed by atoms with Crippen molar-refractivity contribution in [2.45, 2.75) is 6.92 Å². The van der Waals surface area contributed by atoms with Gasteiger partial charge in [0.05, 0.1) is 41.3 Å². The number of rotatable bonds is 4. The van der Waals surface area contributed by atoms with E-state index in [0.29, 0.717) is 44.9 Å². The van der Waals surface area contributed by atoms with Crippen molar-refractivity contribution in [1.82, 2.24) is 15.0 Å². The van der Waals surface area contributed by atoms with Crippen LogP contribution in [-0.4, -0.2) is 26.6 Å². The Morgan fingerprint density at radius 3 is 2.86 bits per heavy atom. The van der Waals surface area contributed by atoms with E-state index in [-0.39, 0.29) is 39.9 Å². The fraction of sp³-hybridized carbons (Fsp3) is 0.0526. The Hall–Kier alpha value is -3.21. The second-order valence-corrected chi connectivity index (χ2v) is 6.04. The Bertz CT molecular complexity index is 1180. The van der Waals surface area contributed by atoms with E-state index in [4.69, 9.17) is 15.6 Å². The van der Waals surface area contributed by atoms with E-state index in [1.54, 1.807) is 37.3 Å². The molecule has 0 aliphatic rings. The number of hydrogen-bond donors (Lipinski definition) is 4. The number of aryl methyl sites for hydroxylation is 1. The number of pyridine rings is 1. The molecule has 0 radical (unpaired) electrons. The molecule has 0 aliphatic heterocycles. The molecule has 1 aromatic carbocycles. The van der Waals surface area contributed by atoms with Crippen LogP contribution in [0.2, 0.25) is 0 Å². The van der Waals surface area contributed by atoms with Gasteiger partial charge in [0, 0.05) is 26.8 Å². The van der Waals surface area contributed by atoms with E-state index >= 15 is 0 Å². The van der Waals surface area contributed by atoms with Gasteiger partial charge in [-0.25, -0.2) is 9.97 Å². The third-order valence-corrected chi connectivity index (χ3v) is 4.23. The predicted octanol–water partition coefficient (Wildman–Crippen LogP) is 4.47. The predicted molar refractivity (Wildman–Crippen MR) is 124 cm³/mol. The average Bonchev–Trinajstić information content (AvgIpc) is 3.33. The SMILES string of the molecule is Cc1nc2nc[nH]c2cc1C(=O)Nc1ccc(N)c(C(=N)c2ccoc2)c1.I.[HH].[HH].[HH]. The molecule has 1 amide bonds. The quantitative estimate of drug-likeness (QED) is 0.189. The third-order valence-electron chi connectivity index (χ3n) is 4.23. The van der Waals surface area contributed by atoms with Crippen LogP contribution in [0.3, 0.4) is 0 Å². The van der Waals surface area contributed by atoms with Crippen molar-refractivity contribution in [1.29, 1.82) is 5.41 Å². The summed E-state index contributed by atoms with van der Waals surface area (Å²) in [5.74, 6) is -0.304. The molecule has 0 bridgehead atoms. The number of imidazole rings is 1. The van der Waals surface area contributed by atoms with Crippen LogP contribution in [0.15, 0.2) is 53.6 Å². The molecule has 8 nitrogen and oxygen atoms in total. The fourth-order valence-electron chi connectivity index (χ4n) is 2.80. The van der Waals surface area contributed by atoms with Crippen molar-refractivity contribution in [3.05, 3.63) is 71.6 Å². The van der Waals surface area contributed by atoms with Crippen LogP contribution < -0.4 is 11.1 Å². The topological polar surface area (TPSA) is 134 Å². The molecule has 0 spiro atoms. The Morgan fingerprint density at radius 1 is 1.29 bits per heavy atom. The number of amides is 1. The fourth-order valence-corrected chi connectivity index (χ4v) is 2.80. The number of carbonyl (C=O) groups is 1. The number of carbonyl (C=O) groups excluding carboxylic acids is 1. The van der Waals surface area contributed by atoms with Crippen LogP contribution in [0.1, 0.15) is 31.5 Å². The molecule has 0 unspecified atom stereocenters. The largest absolute Gasteiger partial charge is 0.472 e. The van der Waals surface area contributed by atoms with Gasteiger partial charge in [0.15, 0.2) is 5.65 Å². The number of H-pyrrole nitrogens is 1. The minimum absolute atomic E-state index is 0. The Balaban J connectivity index is 0.00000225. The van der Waals surface area contributed by atoms with Crippen molar-refractivity contribution < 1.29 is 13.5 Å². The maximum Gasteiger partial charge on any atom is 0.257 e. The number of hydrogen-bond acceptors (Lipinski definition) is 6. The number of anilines is 2. The number of fused-ring (bicyclic) bond motifs is 1. The molecule has 28 heavy (non-hydrogen) atoms. The van der Waals surface area contributed by atoms with Crippen molar-refractivity contribution in [2.75, 3.05) is 11.1 Å². The van der Waals surface area contributed by atoms with E-state index < -0.39 is 0 Å². The van der Waals surface area contributed by atoms with Gasteiger partial charge in [0.2, 0.25) is 0 Å². The molecule has 148 valence electrons. The molecule has 0 saturated carbocycles. The van der Waals surface area contributed by atoms with Crippen LogP contribution in [0.25, 0.3) is 11.2 Å². The summed E-state index contributed by atoms with van der Waals surface area (Å²) in [5.41, 5.74) is 10.6. The van der Waals surface area contributed by atoms with Gasteiger partial charge in [0.25, 0.3) is 5.91 Å². The summed E-state index contributed by atoms with van der Waals surface area (Å²) < 4.78 is 5.02. The number of nitrogens with two attached hydrogens (primary N) is 1. The molecular weight excluding hydrogens is 471 g/mol. The lowest BCUT2D eigenvalue weighted by Gasteiger charge is -2.11. The van der Waals surface area contributed by atoms with Crippen molar-refractivity contribution in [3.8, 4) is 0 Å². The Labute approximate surface area is 181 Å². The number of halogens is 1. The van der Waals surface area contributed by atoms with E-state index in [1.807, 2.05) is 0 Å². The van der Waals surface area contributed by atoms with Crippen molar-refractivity contribution in [2.24, 2.45) is 0 Å². The van der Waals surface area contributed by atoms with Gasteiger partial charge in [-0.1, -0.05) is 0 Å². The number of benzene rings is 1.